The third-order valence-electron chi connectivity index (χ3n) is 4.66. The molecule has 0 amide bonds. The van der Waals surface area contributed by atoms with E-state index < -0.39 is 0 Å². The maximum absolute atomic E-state index is 3.76. The maximum Gasteiger partial charge on any atom is 0.0137 e. The fourth-order valence-corrected chi connectivity index (χ4v) is 3.16. The molecule has 2 aliphatic rings. The van der Waals surface area contributed by atoms with E-state index >= 15 is 0 Å². The highest BCUT2D eigenvalue weighted by molar-refractivity contribution is 5.85. The van der Waals surface area contributed by atoms with Gasteiger partial charge in [0, 0.05) is 6.04 Å². The molecule has 4 heteroatoms. The van der Waals surface area contributed by atoms with Gasteiger partial charge in [-0.25, -0.2) is 0 Å². The molecule has 0 spiro atoms. The first-order valence-electron chi connectivity index (χ1n) is 8.01. The molecule has 1 heterocycles. The largest absolute Gasteiger partial charge is 0.317 e. The number of nitrogens with one attached hydrogen (secondary N) is 2. The van der Waals surface area contributed by atoms with E-state index in [0.717, 1.165) is 17.9 Å². The highest BCUT2D eigenvalue weighted by atomic mass is 35.5. The van der Waals surface area contributed by atoms with Crippen LogP contribution in [0.1, 0.15) is 31.7 Å². The molecule has 0 aromatic heterocycles. The van der Waals surface area contributed by atoms with Crippen molar-refractivity contribution in [3.05, 3.63) is 42.0 Å². The predicted molar refractivity (Wildman–Crippen MR) is 100 cm³/mol. The Balaban J connectivity index is 0.00000121. The van der Waals surface area contributed by atoms with Crippen LogP contribution in [0.15, 0.2) is 36.4 Å². The SMILES string of the molecule is CC(=CC1CC1NCC1CCNCC1)c1ccccc1.Cl.Cl. The van der Waals surface area contributed by atoms with E-state index in [0.29, 0.717) is 0 Å². The minimum Gasteiger partial charge on any atom is -0.317 e. The van der Waals surface area contributed by atoms with Gasteiger partial charge < -0.3 is 10.6 Å². The Morgan fingerprint density at radius 1 is 1.18 bits per heavy atom. The van der Waals surface area contributed by atoms with E-state index in [1.54, 1.807) is 0 Å². The lowest BCUT2D eigenvalue weighted by Gasteiger charge is -2.22. The van der Waals surface area contributed by atoms with E-state index in [-0.39, 0.29) is 24.8 Å². The summed E-state index contributed by atoms with van der Waals surface area (Å²) in [5.41, 5.74) is 2.78. The van der Waals surface area contributed by atoms with Gasteiger partial charge in [0.2, 0.25) is 0 Å². The van der Waals surface area contributed by atoms with Crippen LogP contribution in [0.25, 0.3) is 5.57 Å². The average Bonchev–Trinajstić information content (AvgIpc) is 3.25. The fraction of sp³-hybridized carbons (Fsp3) is 0.556. The zero-order valence-electron chi connectivity index (χ0n) is 13.3. The summed E-state index contributed by atoms with van der Waals surface area (Å²) in [6.07, 6.45) is 6.44. The molecule has 2 nitrogen and oxygen atoms in total. The van der Waals surface area contributed by atoms with Crippen molar-refractivity contribution in [2.75, 3.05) is 19.6 Å². The van der Waals surface area contributed by atoms with Gasteiger partial charge in [-0.15, -0.1) is 24.8 Å². The summed E-state index contributed by atoms with van der Waals surface area (Å²) < 4.78 is 0. The van der Waals surface area contributed by atoms with E-state index in [4.69, 9.17) is 0 Å². The van der Waals surface area contributed by atoms with Crippen molar-refractivity contribution in [1.29, 1.82) is 0 Å². The van der Waals surface area contributed by atoms with Crippen LogP contribution in [0, 0.1) is 11.8 Å². The Hall–Kier alpha value is -0.540. The Kier molecular flexibility index (Phi) is 8.48. The lowest BCUT2D eigenvalue weighted by Crippen LogP contribution is -2.34. The number of benzene rings is 1. The van der Waals surface area contributed by atoms with E-state index in [2.05, 4.69) is 54.0 Å². The monoisotopic (exact) mass is 342 g/mol. The molecule has 1 saturated carbocycles. The molecule has 1 aromatic rings. The first-order valence-corrected chi connectivity index (χ1v) is 8.01. The number of hydrogen-bond acceptors (Lipinski definition) is 2. The second kappa shape index (κ2) is 9.57. The molecule has 3 rings (SSSR count). The van der Waals surface area contributed by atoms with E-state index in [9.17, 15) is 0 Å². The summed E-state index contributed by atoms with van der Waals surface area (Å²) in [6.45, 7) is 5.85. The zero-order valence-corrected chi connectivity index (χ0v) is 14.9. The molecule has 2 fully saturated rings. The second-order valence-electron chi connectivity index (χ2n) is 6.32. The van der Waals surface area contributed by atoms with E-state index in [1.807, 2.05) is 0 Å². The van der Waals surface area contributed by atoms with Crippen molar-refractivity contribution in [2.45, 2.75) is 32.2 Å². The van der Waals surface area contributed by atoms with Crippen LogP contribution in [0.2, 0.25) is 0 Å². The van der Waals surface area contributed by atoms with Crippen molar-refractivity contribution in [1.82, 2.24) is 10.6 Å². The Morgan fingerprint density at radius 3 is 2.55 bits per heavy atom. The van der Waals surface area contributed by atoms with Crippen molar-refractivity contribution in [2.24, 2.45) is 11.8 Å². The molecule has 2 atom stereocenters. The lowest BCUT2D eigenvalue weighted by molar-refractivity contribution is 0.355. The predicted octanol–water partition coefficient (Wildman–Crippen LogP) is 3.91. The maximum atomic E-state index is 3.76. The molecule has 1 aliphatic carbocycles. The number of allylic oxidation sites excluding steroid dienone is 1. The average molecular weight is 343 g/mol. The second-order valence-corrected chi connectivity index (χ2v) is 6.32. The highest BCUT2D eigenvalue weighted by Crippen LogP contribution is 2.34. The third-order valence-corrected chi connectivity index (χ3v) is 4.66. The van der Waals surface area contributed by atoms with Gasteiger partial charge >= 0.3 is 0 Å². The van der Waals surface area contributed by atoms with Gasteiger partial charge in [-0.05, 0) is 68.8 Å². The minimum absolute atomic E-state index is 0. The smallest absolute Gasteiger partial charge is 0.0137 e. The first-order chi connectivity index (χ1) is 9.83. The molecule has 1 saturated heterocycles. The van der Waals surface area contributed by atoms with Crippen molar-refractivity contribution in [3.63, 3.8) is 0 Å². The van der Waals surface area contributed by atoms with Gasteiger partial charge in [0.1, 0.15) is 0 Å². The van der Waals surface area contributed by atoms with Gasteiger partial charge in [-0.2, -0.15) is 0 Å². The van der Waals surface area contributed by atoms with Crippen LogP contribution < -0.4 is 10.6 Å². The molecule has 0 radical (unpaired) electrons. The van der Waals surface area contributed by atoms with Crippen LogP contribution in [0.4, 0.5) is 0 Å². The Labute approximate surface area is 147 Å². The van der Waals surface area contributed by atoms with Crippen LogP contribution in [0.5, 0.6) is 0 Å². The van der Waals surface area contributed by atoms with Gasteiger partial charge in [0.05, 0.1) is 0 Å². The normalized spacial score (nSPS) is 25.0. The van der Waals surface area contributed by atoms with Crippen LogP contribution in [0.3, 0.4) is 0 Å². The van der Waals surface area contributed by atoms with Crippen molar-refractivity contribution < 1.29 is 0 Å². The fourth-order valence-electron chi connectivity index (χ4n) is 3.16. The van der Waals surface area contributed by atoms with Crippen LogP contribution in [-0.4, -0.2) is 25.7 Å². The van der Waals surface area contributed by atoms with Crippen molar-refractivity contribution in [3.8, 4) is 0 Å². The summed E-state index contributed by atoms with van der Waals surface area (Å²) in [5, 5.41) is 7.19. The van der Waals surface area contributed by atoms with Crippen LogP contribution >= 0.6 is 24.8 Å². The van der Waals surface area contributed by atoms with Crippen molar-refractivity contribution >= 4 is 30.4 Å². The molecule has 124 valence electrons. The number of piperidine rings is 1. The molecule has 22 heavy (non-hydrogen) atoms. The summed E-state index contributed by atoms with van der Waals surface area (Å²) in [4.78, 5) is 0. The minimum atomic E-state index is 0. The zero-order chi connectivity index (χ0) is 13.8. The molecule has 1 aromatic carbocycles. The first kappa shape index (κ1) is 19.5. The molecule has 2 unspecified atom stereocenters. The molecular weight excluding hydrogens is 315 g/mol. The Bertz CT molecular complexity index is 455. The summed E-state index contributed by atoms with van der Waals surface area (Å²) in [5.74, 6) is 1.63. The Morgan fingerprint density at radius 2 is 1.86 bits per heavy atom. The van der Waals surface area contributed by atoms with Gasteiger partial charge in [-0.3, -0.25) is 0 Å². The molecule has 1 aliphatic heterocycles. The van der Waals surface area contributed by atoms with Crippen LogP contribution in [-0.2, 0) is 0 Å². The van der Waals surface area contributed by atoms with E-state index in [1.165, 1.54) is 50.0 Å². The molecule has 2 N–H and O–H groups in total. The number of rotatable bonds is 5. The summed E-state index contributed by atoms with van der Waals surface area (Å²) in [6, 6.07) is 11.4. The summed E-state index contributed by atoms with van der Waals surface area (Å²) in [7, 11) is 0. The summed E-state index contributed by atoms with van der Waals surface area (Å²) >= 11 is 0. The third kappa shape index (κ3) is 5.58. The lowest BCUT2D eigenvalue weighted by atomic mass is 9.98. The number of hydrogen-bond donors (Lipinski definition) is 2. The standard InChI is InChI=1S/C18H26N2.2ClH/c1-14(16-5-3-2-4-6-16)11-17-12-18(17)20-13-15-7-9-19-10-8-15;;/h2-6,11,15,17-20H,7-10,12-13H2,1H3;2*1H. The highest BCUT2D eigenvalue weighted by Gasteiger charge is 2.35. The quantitative estimate of drug-likeness (QED) is 0.847. The molecular formula is C18H28Cl2N2. The molecule has 0 bridgehead atoms. The van der Waals surface area contributed by atoms with Gasteiger partial charge in [0.15, 0.2) is 0 Å². The van der Waals surface area contributed by atoms with Gasteiger partial charge in [-0.1, -0.05) is 36.4 Å². The topological polar surface area (TPSA) is 24.1 Å². The van der Waals surface area contributed by atoms with Gasteiger partial charge in [0.25, 0.3) is 0 Å². The number of halogens is 2.